The molecule has 122 valence electrons. The molecule has 25 heavy (non-hydrogen) atoms. The van der Waals surface area contributed by atoms with Crippen molar-refractivity contribution in [2.45, 2.75) is 13.0 Å². The van der Waals surface area contributed by atoms with Crippen molar-refractivity contribution in [3.05, 3.63) is 77.0 Å². The molecule has 0 aromatic heterocycles. The number of nitrogens with one attached hydrogen (secondary N) is 1. The Morgan fingerprint density at radius 3 is 2.56 bits per heavy atom. The number of hydrogen-bond donors (Lipinski definition) is 1. The van der Waals surface area contributed by atoms with Crippen LogP contribution in [0, 0.1) is 22.7 Å². The highest BCUT2D eigenvalue weighted by Crippen LogP contribution is 2.20. The van der Waals surface area contributed by atoms with Crippen LogP contribution in [0.3, 0.4) is 0 Å². The molecule has 1 amide bonds. The van der Waals surface area contributed by atoms with E-state index in [-0.39, 0.29) is 5.57 Å². The van der Waals surface area contributed by atoms with Crippen molar-refractivity contribution in [1.82, 2.24) is 4.90 Å². The number of fused-ring (bicyclic) bond motifs is 1. The summed E-state index contributed by atoms with van der Waals surface area (Å²) in [6.45, 7) is 1.42. The van der Waals surface area contributed by atoms with E-state index in [2.05, 4.69) is 17.4 Å². The SMILES string of the molecule is N#C/C(=C/N1CCc2ccccc2C1)C(=O)Nc1ccccc1C#N. The minimum absolute atomic E-state index is 0.0205. The third-order valence-electron chi connectivity index (χ3n) is 4.13. The van der Waals surface area contributed by atoms with Gasteiger partial charge in [-0.1, -0.05) is 36.4 Å². The molecular formula is C20H16N4O. The van der Waals surface area contributed by atoms with Crippen molar-refractivity contribution < 1.29 is 4.79 Å². The summed E-state index contributed by atoms with van der Waals surface area (Å²) in [6.07, 6.45) is 2.48. The zero-order valence-electron chi connectivity index (χ0n) is 13.6. The normalized spacial score (nSPS) is 13.4. The number of anilines is 1. The molecule has 0 aliphatic carbocycles. The van der Waals surface area contributed by atoms with E-state index in [9.17, 15) is 10.1 Å². The molecule has 0 saturated heterocycles. The topological polar surface area (TPSA) is 79.9 Å². The van der Waals surface area contributed by atoms with E-state index in [4.69, 9.17) is 5.26 Å². The Balaban J connectivity index is 1.76. The van der Waals surface area contributed by atoms with Gasteiger partial charge < -0.3 is 10.2 Å². The zero-order valence-corrected chi connectivity index (χ0v) is 13.6. The average Bonchev–Trinajstić information content (AvgIpc) is 2.66. The summed E-state index contributed by atoms with van der Waals surface area (Å²) in [7, 11) is 0. The summed E-state index contributed by atoms with van der Waals surface area (Å²) in [5.74, 6) is -0.510. The molecule has 0 fully saturated rings. The van der Waals surface area contributed by atoms with Crippen LogP contribution in [0.15, 0.2) is 60.3 Å². The maximum absolute atomic E-state index is 12.4. The summed E-state index contributed by atoms with van der Waals surface area (Å²) in [5, 5.41) is 21.1. The molecule has 1 N–H and O–H groups in total. The Morgan fingerprint density at radius 2 is 1.80 bits per heavy atom. The number of rotatable bonds is 3. The Labute approximate surface area is 146 Å². The molecular weight excluding hydrogens is 312 g/mol. The Hall–Kier alpha value is -3.57. The predicted molar refractivity (Wildman–Crippen MR) is 94.0 cm³/mol. The third kappa shape index (κ3) is 3.68. The third-order valence-corrected chi connectivity index (χ3v) is 4.13. The van der Waals surface area contributed by atoms with Gasteiger partial charge in [-0.15, -0.1) is 0 Å². The molecule has 3 rings (SSSR count). The van der Waals surface area contributed by atoms with Gasteiger partial charge in [-0.25, -0.2) is 0 Å². The van der Waals surface area contributed by atoms with Gasteiger partial charge >= 0.3 is 0 Å². The number of carbonyl (C=O) groups excluding carboxylic acids is 1. The summed E-state index contributed by atoms with van der Waals surface area (Å²) < 4.78 is 0. The van der Waals surface area contributed by atoms with Gasteiger partial charge in [-0.3, -0.25) is 4.79 Å². The fraction of sp³-hybridized carbons (Fsp3) is 0.150. The maximum atomic E-state index is 12.4. The van der Waals surface area contributed by atoms with Crippen LogP contribution in [0.4, 0.5) is 5.69 Å². The van der Waals surface area contributed by atoms with Crippen molar-refractivity contribution in [2.75, 3.05) is 11.9 Å². The smallest absolute Gasteiger partial charge is 0.267 e. The van der Waals surface area contributed by atoms with Crippen molar-refractivity contribution in [3.8, 4) is 12.1 Å². The van der Waals surface area contributed by atoms with E-state index in [1.165, 1.54) is 11.1 Å². The van der Waals surface area contributed by atoms with Crippen molar-refractivity contribution >= 4 is 11.6 Å². The van der Waals surface area contributed by atoms with Gasteiger partial charge in [0, 0.05) is 19.3 Å². The lowest BCUT2D eigenvalue weighted by Gasteiger charge is -2.27. The fourth-order valence-corrected chi connectivity index (χ4v) is 2.83. The highest BCUT2D eigenvalue weighted by molar-refractivity contribution is 6.07. The van der Waals surface area contributed by atoms with E-state index in [0.29, 0.717) is 17.8 Å². The Kier molecular flexibility index (Phi) is 4.78. The molecule has 2 aromatic carbocycles. The van der Waals surface area contributed by atoms with Crippen LogP contribution in [0.5, 0.6) is 0 Å². The molecule has 0 saturated carbocycles. The number of benzene rings is 2. The summed E-state index contributed by atoms with van der Waals surface area (Å²) in [4.78, 5) is 14.4. The van der Waals surface area contributed by atoms with E-state index in [1.807, 2.05) is 29.2 Å². The highest BCUT2D eigenvalue weighted by Gasteiger charge is 2.17. The van der Waals surface area contributed by atoms with E-state index in [1.54, 1.807) is 30.5 Å². The first-order valence-electron chi connectivity index (χ1n) is 7.94. The molecule has 1 aliphatic rings. The van der Waals surface area contributed by atoms with Crippen molar-refractivity contribution in [3.63, 3.8) is 0 Å². The Bertz CT molecular complexity index is 918. The van der Waals surface area contributed by atoms with Crippen LogP contribution in [0.1, 0.15) is 16.7 Å². The molecule has 2 aromatic rings. The van der Waals surface area contributed by atoms with Crippen LogP contribution < -0.4 is 5.32 Å². The summed E-state index contributed by atoms with van der Waals surface area (Å²) >= 11 is 0. The van der Waals surface area contributed by atoms with E-state index in [0.717, 1.165) is 13.0 Å². The minimum Gasteiger partial charge on any atom is -0.371 e. The molecule has 0 radical (unpaired) electrons. The van der Waals surface area contributed by atoms with Crippen LogP contribution in [0.25, 0.3) is 0 Å². The lowest BCUT2D eigenvalue weighted by atomic mass is 10.00. The molecule has 0 unspecified atom stereocenters. The summed E-state index contributed by atoms with van der Waals surface area (Å²) in [5.41, 5.74) is 3.29. The number of carbonyl (C=O) groups is 1. The van der Waals surface area contributed by atoms with Crippen molar-refractivity contribution in [1.29, 1.82) is 10.5 Å². The maximum Gasteiger partial charge on any atom is 0.267 e. The molecule has 1 aliphatic heterocycles. The predicted octanol–water partition coefficient (Wildman–Crippen LogP) is 2.96. The van der Waals surface area contributed by atoms with Crippen LogP contribution >= 0.6 is 0 Å². The molecule has 0 spiro atoms. The number of nitrogens with zero attached hydrogens (tertiary/aromatic N) is 3. The molecule has 1 heterocycles. The monoisotopic (exact) mass is 328 g/mol. The summed E-state index contributed by atoms with van der Waals surface area (Å²) in [6, 6.07) is 18.9. The number of hydrogen-bond acceptors (Lipinski definition) is 4. The van der Waals surface area contributed by atoms with Crippen molar-refractivity contribution in [2.24, 2.45) is 0 Å². The first-order chi connectivity index (χ1) is 12.2. The first-order valence-corrected chi connectivity index (χ1v) is 7.94. The lowest BCUT2D eigenvalue weighted by molar-refractivity contribution is -0.112. The second-order valence-electron chi connectivity index (χ2n) is 5.76. The van der Waals surface area contributed by atoms with Gasteiger partial charge in [0.15, 0.2) is 0 Å². The largest absolute Gasteiger partial charge is 0.371 e. The van der Waals surface area contributed by atoms with Gasteiger partial charge in [0.2, 0.25) is 0 Å². The highest BCUT2D eigenvalue weighted by atomic mass is 16.1. The molecule has 0 bridgehead atoms. The molecule has 5 nitrogen and oxygen atoms in total. The molecule has 5 heteroatoms. The zero-order chi connectivity index (χ0) is 17.6. The first kappa shape index (κ1) is 16.3. The van der Waals surface area contributed by atoms with Gasteiger partial charge in [0.25, 0.3) is 5.91 Å². The second kappa shape index (κ2) is 7.33. The fourth-order valence-electron chi connectivity index (χ4n) is 2.83. The standard InChI is InChI=1S/C20H16N4O/c21-11-16-6-3-4-8-19(16)23-20(25)18(12-22)14-24-10-9-15-5-1-2-7-17(15)13-24/h1-8,14H,9-10,13H2,(H,23,25)/b18-14-. The van der Waals surface area contributed by atoms with Gasteiger partial charge in [-0.05, 0) is 29.7 Å². The van der Waals surface area contributed by atoms with Crippen LogP contribution in [-0.4, -0.2) is 17.4 Å². The molecule has 0 atom stereocenters. The van der Waals surface area contributed by atoms with Gasteiger partial charge in [0.05, 0.1) is 11.3 Å². The number of nitriles is 2. The van der Waals surface area contributed by atoms with Gasteiger partial charge in [0.1, 0.15) is 17.7 Å². The lowest BCUT2D eigenvalue weighted by Crippen LogP contribution is -2.27. The Morgan fingerprint density at radius 1 is 1.08 bits per heavy atom. The van der Waals surface area contributed by atoms with Crippen LogP contribution in [-0.2, 0) is 17.8 Å². The van der Waals surface area contributed by atoms with E-state index >= 15 is 0 Å². The van der Waals surface area contributed by atoms with Gasteiger partial charge in [-0.2, -0.15) is 10.5 Å². The number of para-hydroxylation sites is 1. The average molecular weight is 328 g/mol. The second-order valence-corrected chi connectivity index (χ2v) is 5.76. The minimum atomic E-state index is -0.510. The van der Waals surface area contributed by atoms with E-state index < -0.39 is 5.91 Å². The quantitative estimate of drug-likeness (QED) is 0.694. The van der Waals surface area contributed by atoms with Crippen LogP contribution in [0.2, 0.25) is 0 Å². The number of amides is 1.